The fourth-order valence-corrected chi connectivity index (χ4v) is 5.27. The molecule has 0 bridgehead atoms. The number of carbonyl (C=O) groups is 1. The summed E-state index contributed by atoms with van der Waals surface area (Å²) in [6.45, 7) is 9.98. The Bertz CT molecular complexity index is 1160. The first-order valence-electron chi connectivity index (χ1n) is 12.3. The molecular weight excluding hydrogens is 441 g/mol. The minimum atomic E-state index is -0.424. The molecule has 4 rings (SSSR count). The van der Waals surface area contributed by atoms with E-state index >= 15 is 0 Å². The molecule has 0 saturated heterocycles. The molecular formula is C29H34FN3O2. The predicted molar refractivity (Wildman–Crippen MR) is 137 cm³/mol. The lowest BCUT2D eigenvalue weighted by molar-refractivity contribution is -0.125. The van der Waals surface area contributed by atoms with Gasteiger partial charge in [0.1, 0.15) is 11.6 Å². The van der Waals surface area contributed by atoms with Gasteiger partial charge in [0.15, 0.2) is 11.6 Å². The summed E-state index contributed by atoms with van der Waals surface area (Å²) in [7, 11) is 0. The number of anilines is 1. The molecule has 2 aliphatic rings. The monoisotopic (exact) mass is 475 g/mol. The third-order valence-corrected chi connectivity index (χ3v) is 7.57. The molecule has 6 heteroatoms. The highest BCUT2D eigenvalue weighted by Gasteiger charge is 2.43. The van der Waals surface area contributed by atoms with Crippen LogP contribution in [-0.4, -0.2) is 10.9 Å². The average Bonchev–Trinajstić information content (AvgIpc) is 2.86. The number of amides is 1. The Labute approximate surface area is 207 Å². The van der Waals surface area contributed by atoms with Crippen LogP contribution >= 0.6 is 0 Å². The van der Waals surface area contributed by atoms with E-state index in [1.165, 1.54) is 17.8 Å². The second kappa shape index (κ2) is 10.5. The number of nitrogens with zero attached hydrogens (tertiary/aromatic N) is 1. The summed E-state index contributed by atoms with van der Waals surface area (Å²) in [6, 6.07) is 8.17. The van der Waals surface area contributed by atoms with Gasteiger partial charge >= 0.3 is 0 Å². The van der Waals surface area contributed by atoms with E-state index in [4.69, 9.17) is 4.74 Å². The maximum absolute atomic E-state index is 14.1. The number of benzene rings is 1. The molecule has 1 aromatic heterocycles. The predicted octanol–water partition coefficient (Wildman–Crippen LogP) is 7.04. The van der Waals surface area contributed by atoms with Crippen molar-refractivity contribution < 1.29 is 13.9 Å². The van der Waals surface area contributed by atoms with Gasteiger partial charge in [0, 0.05) is 17.8 Å². The molecule has 1 saturated carbocycles. The second-order valence-corrected chi connectivity index (χ2v) is 9.78. The number of ether oxygens (including phenoxy) is 1. The summed E-state index contributed by atoms with van der Waals surface area (Å²) in [4.78, 5) is 17.6. The highest BCUT2D eigenvalue weighted by molar-refractivity contribution is 5.92. The first-order valence-corrected chi connectivity index (χ1v) is 12.3. The van der Waals surface area contributed by atoms with Crippen LogP contribution in [0.25, 0.3) is 0 Å². The van der Waals surface area contributed by atoms with Gasteiger partial charge in [0.2, 0.25) is 5.91 Å². The Kier molecular flexibility index (Phi) is 7.39. The molecule has 0 radical (unpaired) electrons. The summed E-state index contributed by atoms with van der Waals surface area (Å²) in [5, 5.41) is 6.20. The van der Waals surface area contributed by atoms with Crippen molar-refractivity contribution in [2.75, 3.05) is 5.32 Å². The number of hydrogen-bond acceptors (Lipinski definition) is 4. The van der Waals surface area contributed by atoms with Gasteiger partial charge in [-0.1, -0.05) is 39.0 Å². The van der Waals surface area contributed by atoms with Crippen LogP contribution in [-0.2, 0) is 4.79 Å². The van der Waals surface area contributed by atoms with Gasteiger partial charge in [0.05, 0.1) is 6.20 Å². The van der Waals surface area contributed by atoms with Gasteiger partial charge in [-0.25, -0.2) is 9.37 Å². The molecule has 2 N–H and O–H groups in total. The molecule has 5 nitrogen and oxygen atoms in total. The number of hydrogen-bond donors (Lipinski definition) is 2. The lowest BCUT2D eigenvalue weighted by Gasteiger charge is -2.44. The number of allylic oxidation sites excluding steroid dienone is 3. The third kappa shape index (κ3) is 5.64. The molecule has 0 spiro atoms. The van der Waals surface area contributed by atoms with Crippen LogP contribution in [0.15, 0.2) is 72.7 Å². The first kappa shape index (κ1) is 24.7. The standard InChI is InChI=1S/C29H34FN3O2/c1-5-29(14-6-7-22(16-29)23-10-9-20(3)31-17-23)21(4)28(34)33-27-13-11-24(18-32-27)35-26-12-8-19(2)15-25(26)30/h8-13,15,17-18,21-22,31H,3,5-7,14,16H2,1-2,4H3,(H,32,33,34). The Morgan fingerprint density at radius 3 is 2.83 bits per heavy atom. The van der Waals surface area contributed by atoms with Crippen molar-refractivity contribution in [1.29, 1.82) is 0 Å². The molecule has 3 unspecified atom stereocenters. The minimum Gasteiger partial charge on any atom is -0.453 e. The Hall–Kier alpha value is -3.41. The van der Waals surface area contributed by atoms with Crippen LogP contribution in [0.3, 0.4) is 0 Å². The van der Waals surface area contributed by atoms with Gasteiger partial charge < -0.3 is 15.4 Å². The topological polar surface area (TPSA) is 63.2 Å². The van der Waals surface area contributed by atoms with Crippen LogP contribution in [0, 0.1) is 30.0 Å². The third-order valence-electron chi connectivity index (χ3n) is 7.57. The lowest BCUT2D eigenvalue weighted by atomic mass is 9.60. The number of aryl methyl sites for hydroxylation is 1. The first-order chi connectivity index (χ1) is 16.8. The SMILES string of the molecule is C=C1C=CC(C2CCCC(CC)(C(C)C(=O)Nc3ccc(Oc4ccc(C)cc4F)cn3)C2)=CN1. The smallest absolute Gasteiger partial charge is 0.228 e. The zero-order valence-electron chi connectivity index (χ0n) is 20.7. The fraction of sp³-hybridized carbons (Fsp3) is 0.379. The van der Waals surface area contributed by atoms with Crippen molar-refractivity contribution in [3.05, 3.63) is 84.1 Å². The highest BCUT2D eigenvalue weighted by Crippen LogP contribution is 2.49. The van der Waals surface area contributed by atoms with E-state index in [0.717, 1.165) is 43.4 Å². The molecule has 2 heterocycles. The number of aromatic nitrogens is 1. The van der Waals surface area contributed by atoms with Crippen LogP contribution in [0.1, 0.15) is 51.5 Å². The number of nitrogens with one attached hydrogen (secondary N) is 2. The Morgan fingerprint density at radius 2 is 2.17 bits per heavy atom. The molecule has 2 aromatic rings. The second-order valence-electron chi connectivity index (χ2n) is 9.78. The fourth-order valence-electron chi connectivity index (χ4n) is 5.27. The molecule has 35 heavy (non-hydrogen) atoms. The Balaban J connectivity index is 1.41. The van der Waals surface area contributed by atoms with Gasteiger partial charge in [-0.05, 0) is 85.4 Å². The van der Waals surface area contributed by atoms with E-state index in [0.29, 0.717) is 17.5 Å². The number of carbonyl (C=O) groups excluding carboxylic acids is 1. The summed E-state index contributed by atoms with van der Waals surface area (Å²) < 4.78 is 19.7. The van der Waals surface area contributed by atoms with Crippen molar-refractivity contribution >= 4 is 11.7 Å². The molecule has 1 aromatic carbocycles. The van der Waals surface area contributed by atoms with Gasteiger partial charge in [-0.15, -0.1) is 0 Å². The van der Waals surface area contributed by atoms with E-state index in [9.17, 15) is 9.18 Å². The number of pyridine rings is 1. The lowest BCUT2D eigenvalue weighted by Crippen LogP contribution is -2.41. The number of dihydropyridines is 1. The molecule has 1 amide bonds. The summed E-state index contributed by atoms with van der Waals surface area (Å²) >= 11 is 0. The van der Waals surface area contributed by atoms with E-state index in [-0.39, 0.29) is 23.0 Å². The zero-order chi connectivity index (χ0) is 25.0. The van der Waals surface area contributed by atoms with Crippen molar-refractivity contribution in [2.45, 2.75) is 52.9 Å². The van der Waals surface area contributed by atoms with Crippen molar-refractivity contribution in [2.24, 2.45) is 17.3 Å². The molecule has 1 aliphatic heterocycles. The molecule has 1 fully saturated rings. The maximum Gasteiger partial charge on any atom is 0.228 e. The summed E-state index contributed by atoms with van der Waals surface area (Å²) in [6.07, 6.45) is 12.9. The average molecular weight is 476 g/mol. The van der Waals surface area contributed by atoms with Crippen molar-refractivity contribution in [1.82, 2.24) is 10.3 Å². The van der Waals surface area contributed by atoms with Crippen LogP contribution in [0.4, 0.5) is 10.2 Å². The normalized spacial score (nSPS) is 22.7. The largest absolute Gasteiger partial charge is 0.453 e. The quantitative estimate of drug-likeness (QED) is 0.451. The van der Waals surface area contributed by atoms with Crippen molar-refractivity contribution in [3.8, 4) is 11.5 Å². The minimum absolute atomic E-state index is 0.0297. The van der Waals surface area contributed by atoms with E-state index < -0.39 is 5.82 Å². The van der Waals surface area contributed by atoms with E-state index in [1.807, 2.05) is 19.9 Å². The van der Waals surface area contributed by atoms with Crippen LogP contribution < -0.4 is 15.4 Å². The molecule has 3 atom stereocenters. The maximum atomic E-state index is 14.1. The number of halogens is 1. The van der Waals surface area contributed by atoms with Crippen LogP contribution in [0.5, 0.6) is 11.5 Å². The van der Waals surface area contributed by atoms with E-state index in [1.54, 1.807) is 24.3 Å². The summed E-state index contributed by atoms with van der Waals surface area (Å²) in [5.74, 6) is 0.812. The van der Waals surface area contributed by atoms with Gasteiger partial charge in [-0.3, -0.25) is 4.79 Å². The van der Waals surface area contributed by atoms with E-state index in [2.05, 4.69) is 41.4 Å². The Morgan fingerprint density at radius 1 is 1.34 bits per heavy atom. The van der Waals surface area contributed by atoms with Gasteiger partial charge in [-0.2, -0.15) is 0 Å². The highest BCUT2D eigenvalue weighted by atomic mass is 19.1. The van der Waals surface area contributed by atoms with Gasteiger partial charge in [0.25, 0.3) is 0 Å². The summed E-state index contributed by atoms with van der Waals surface area (Å²) in [5.41, 5.74) is 2.93. The molecule has 1 aliphatic carbocycles. The zero-order valence-corrected chi connectivity index (χ0v) is 20.7. The number of rotatable bonds is 7. The molecule has 184 valence electrons. The van der Waals surface area contributed by atoms with Crippen molar-refractivity contribution in [3.63, 3.8) is 0 Å². The van der Waals surface area contributed by atoms with Crippen LogP contribution in [0.2, 0.25) is 0 Å².